The molecule has 0 unspecified atom stereocenters. The average molecular weight is 695 g/mol. The first-order valence-electron chi connectivity index (χ1n) is 13.5. The fraction of sp³-hybridized carbons (Fsp3) is 0.188. The topological polar surface area (TPSA) is 111 Å². The minimum Gasteiger partial charge on any atom is -0.493 e. The van der Waals surface area contributed by atoms with Gasteiger partial charge < -0.3 is 19.5 Å². The van der Waals surface area contributed by atoms with E-state index in [1.54, 1.807) is 18.2 Å². The summed E-state index contributed by atoms with van der Waals surface area (Å²) in [7, 11) is -0.421. The molecule has 0 radical (unpaired) electrons. The lowest BCUT2D eigenvalue weighted by molar-refractivity contribution is -0.137. The molecule has 0 aliphatic carbocycles. The predicted molar refractivity (Wildman–Crippen MR) is 165 cm³/mol. The number of carbonyl (C=O) groups excluding carboxylic acids is 2. The van der Waals surface area contributed by atoms with Crippen molar-refractivity contribution < 1.29 is 49.8 Å². The number of halogens is 5. The number of benzene rings is 4. The number of nitrogens with zero attached hydrogens (tertiary/aromatic N) is 1. The monoisotopic (exact) mass is 694 g/mol. The van der Waals surface area contributed by atoms with Gasteiger partial charge in [-0.3, -0.25) is 4.79 Å². The second-order valence-electron chi connectivity index (χ2n) is 9.94. The van der Waals surface area contributed by atoms with Crippen LogP contribution in [0.1, 0.15) is 37.4 Å². The Kier molecular flexibility index (Phi) is 10.8. The van der Waals surface area contributed by atoms with E-state index in [1.807, 2.05) is 0 Å². The number of sulfonamides is 1. The highest BCUT2D eigenvalue weighted by Crippen LogP contribution is 2.34. The van der Waals surface area contributed by atoms with Gasteiger partial charge in [-0.1, -0.05) is 29.8 Å². The Morgan fingerprint density at radius 1 is 0.830 bits per heavy atom. The quantitative estimate of drug-likeness (QED) is 0.134. The molecule has 0 bridgehead atoms. The maximum Gasteiger partial charge on any atom is 0.416 e. The number of carbonyl (C=O) groups is 2. The van der Waals surface area contributed by atoms with Gasteiger partial charge in [-0.2, -0.15) is 17.5 Å². The number of hydrogen-bond acceptors (Lipinski definition) is 7. The van der Waals surface area contributed by atoms with E-state index in [0.717, 1.165) is 28.6 Å². The standard InChI is InChI=1S/C32H27ClF4N2O7S/c1-44-28-13-6-20(14-29(28)45-2)18-39(17-19-4-7-21(8-5-19)31(41)46-3)47(42,43)23-10-12-26(34)24(16-23)30(40)38-27-15-22(32(35,36)37)9-11-25(27)33/h4-16H,17-18H2,1-3H3,(H,38,40). The molecule has 0 saturated carbocycles. The van der Waals surface area contributed by atoms with E-state index in [1.165, 1.54) is 45.6 Å². The van der Waals surface area contributed by atoms with Crippen LogP contribution in [0.5, 0.6) is 11.5 Å². The van der Waals surface area contributed by atoms with Crippen molar-refractivity contribution in [2.75, 3.05) is 26.6 Å². The maximum absolute atomic E-state index is 14.9. The number of nitrogens with one attached hydrogen (secondary N) is 1. The highest BCUT2D eigenvalue weighted by atomic mass is 35.5. The summed E-state index contributed by atoms with van der Waals surface area (Å²) >= 11 is 5.97. The number of ether oxygens (including phenoxy) is 3. The van der Waals surface area contributed by atoms with Gasteiger partial charge in [-0.15, -0.1) is 0 Å². The smallest absolute Gasteiger partial charge is 0.416 e. The number of methoxy groups -OCH3 is 3. The Morgan fingerprint density at radius 3 is 2.09 bits per heavy atom. The van der Waals surface area contributed by atoms with Crippen molar-refractivity contribution in [2.45, 2.75) is 24.2 Å². The van der Waals surface area contributed by atoms with Crippen LogP contribution in [0.15, 0.2) is 83.8 Å². The van der Waals surface area contributed by atoms with Crippen LogP contribution in [0.2, 0.25) is 5.02 Å². The largest absolute Gasteiger partial charge is 0.493 e. The first kappa shape index (κ1) is 35.2. The lowest BCUT2D eigenvalue weighted by atomic mass is 10.1. The molecule has 0 fully saturated rings. The molecule has 4 rings (SSSR count). The van der Waals surface area contributed by atoms with Crippen LogP contribution >= 0.6 is 11.6 Å². The van der Waals surface area contributed by atoms with E-state index in [2.05, 4.69) is 5.32 Å². The molecular weight excluding hydrogens is 668 g/mol. The van der Waals surface area contributed by atoms with Gasteiger partial charge in [0.15, 0.2) is 11.5 Å². The number of rotatable bonds is 11. The molecule has 4 aromatic carbocycles. The summed E-state index contributed by atoms with van der Waals surface area (Å²) in [4.78, 5) is 24.5. The number of hydrogen-bond donors (Lipinski definition) is 1. The Labute approximate surface area is 272 Å². The van der Waals surface area contributed by atoms with Gasteiger partial charge in [0, 0.05) is 13.1 Å². The molecule has 47 heavy (non-hydrogen) atoms. The van der Waals surface area contributed by atoms with Crippen molar-refractivity contribution in [2.24, 2.45) is 0 Å². The van der Waals surface area contributed by atoms with Crippen molar-refractivity contribution in [1.82, 2.24) is 4.31 Å². The molecule has 15 heteroatoms. The van der Waals surface area contributed by atoms with Gasteiger partial charge in [0.05, 0.1) is 53.6 Å². The van der Waals surface area contributed by atoms with Crippen LogP contribution in [0.25, 0.3) is 0 Å². The van der Waals surface area contributed by atoms with E-state index in [4.69, 9.17) is 25.8 Å². The van der Waals surface area contributed by atoms with Crippen molar-refractivity contribution >= 4 is 39.2 Å². The lowest BCUT2D eigenvalue weighted by Crippen LogP contribution is -2.30. The van der Waals surface area contributed by atoms with E-state index in [9.17, 15) is 35.6 Å². The van der Waals surface area contributed by atoms with Gasteiger partial charge >= 0.3 is 12.1 Å². The van der Waals surface area contributed by atoms with Crippen LogP contribution in [-0.4, -0.2) is 45.9 Å². The summed E-state index contributed by atoms with van der Waals surface area (Å²) in [6.45, 7) is -0.447. The van der Waals surface area contributed by atoms with E-state index < -0.39 is 55.6 Å². The van der Waals surface area contributed by atoms with Gasteiger partial charge in [-0.25, -0.2) is 17.6 Å². The zero-order valence-corrected chi connectivity index (χ0v) is 26.6. The predicted octanol–water partition coefficient (Wildman–Crippen LogP) is 6.95. The lowest BCUT2D eigenvalue weighted by Gasteiger charge is -2.23. The fourth-order valence-electron chi connectivity index (χ4n) is 4.45. The number of alkyl halides is 3. The second kappa shape index (κ2) is 14.4. The zero-order chi connectivity index (χ0) is 34.5. The maximum atomic E-state index is 14.9. The Bertz CT molecular complexity index is 1900. The SMILES string of the molecule is COC(=O)c1ccc(CN(Cc2ccc(OC)c(OC)c2)S(=O)(=O)c2ccc(F)c(C(=O)Nc3cc(C(F)(F)F)ccc3Cl)c2)cc1. The third-order valence-electron chi connectivity index (χ3n) is 6.90. The summed E-state index contributed by atoms with van der Waals surface area (Å²) in [5.74, 6) is -2.22. The number of esters is 1. The fourth-order valence-corrected chi connectivity index (χ4v) is 6.06. The van der Waals surface area contributed by atoms with Gasteiger partial charge in [0.2, 0.25) is 10.0 Å². The van der Waals surface area contributed by atoms with Gasteiger partial charge in [0.1, 0.15) is 5.82 Å². The van der Waals surface area contributed by atoms with Gasteiger partial charge in [0.25, 0.3) is 5.91 Å². The molecule has 1 N–H and O–H groups in total. The molecule has 0 aromatic heterocycles. The molecule has 4 aromatic rings. The van der Waals surface area contributed by atoms with Crippen LogP contribution in [0.4, 0.5) is 23.2 Å². The number of amides is 1. The molecule has 0 aliphatic rings. The van der Waals surface area contributed by atoms with Crippen LogP contribution in [0, 0.1) is 5.82 Å². The molecular formula is C32H27ClF4N2O7S. The first-order chi connectivity index (χ1) is 22.2. The zero-order valence-electron chi connectivity index (χ0n) is 25.0. The van der Waals surface area contributed by atoms with Crippen molar-refractivity contribution in [3.8, 4) is 11.5 Å². The molecule has 0 heterocycles. The average Bonchev–Trinajstić information content (AvgIpc) is 3.04. The Hall–Kier alpha value is -4.66. The Morgan fingerprint density at radius 2 is 1.47 bits per heavy atom. The highest BCUT2D eigenvalue weighted by molar-refractivity contribution is 7.89. The molecule has 0 saturated heterocycles. The summed E-state index contributed by atoms with van der Waals surface area (Å²) in [6.07, 6.45) is -4.75. The summed E-state index contributed by atoms with van der Waals surface area (Å²) in [5, 5.41) is 1.87. The minimum absolute atomic E-state index is 0.222. The molecule has 1 amide bonds. The van der Waals surface area contributed by atoms with Gasteiger partial charge in [-0.05, 0) is 71.8 Å². The highest BCUT2D eigenvalue weighted by Gasteiger charge is 2.32. The van der Waals surface area contributed by atoms with Crippen molar-refractivity contribution in [3.05, 3.63) is 118 Å². The Balaban J connectivity index is 1.72. The normalized spacial score (nSPS) is 11.7. The van der Waals surface area contributed by atoms with Crippen LogP contribution in [-0.2, 0) is 34.0 Å². The molecule has 0 spiro atoms. The number of anilines is 1. The first-order valence-corrected chi connectivity index (χ1v) is 15.4. The molecule has 0 atom stereocenters. The van der Waals surface area contributed by atoms with E-state index >= 15 is 0 Å². The third-order valence-corrected chi connectivity index (χ3v) is 9.02. The van der Waals surface area contributed by atoms with Crippen LogP contribution < -0.4 is 14.8 Å². The molecule has 248 valence electrons. The summed E-state index contributed by atoms with van der Waals surface area (Å²) < 4.78 is 99.1. The van der Waals surface area contributed by atoms with Crippen molar-refractivity contribution in [1.29, 1.82) is 0 Å². The molecule has 0 aliphatic heterocycles. The van der Waals surface area contributed by atoms with Crippen molar-refractivity contribution in [3.63, 3.8) is 0 Å². The van der Waals surface area contributed by atoms with Crippen LogP contribution in [0.3, 0.4) is 0 Å². The minimum atomic E-state index is -4.75. The second-order valence-corrected chi connectivity index (χ2v) is 12.3. The summed E-state index contributed by atoms with van der Waals surface area (Å²) in [6, 6.07) is 15.5. The summed E-state index contributed by atoms with van der Waals surface area (Å²) in [5.41, 5.74) is -1.13. The van der Waals surface area contributed by atoms with E-state index in [-0.39, 0.29) is 23.7 Å². The van der Waals surface area contributed by atoms with E-state index in [0.29, 0.717) is 34.8 Å². The molecule has 9 nitrogen and oxygen atoms in total. The third kappa shape index (κ3) is 8.20.